The van der Waals surface area contributed by atoms with Gasteiger partial charge >= 0.3 is 5.97 Å². The topological polar surface area (TPSA) is 60.5 Å². The first-order chi connectivity index (χ1) is 12.5. The number of ether oxygens (including phenoxy) is 2. The number of nitrogens with zero attached hydrogens (tertiary/aromatic N) is 1. The summed E-state index contributed by atoms with van der Waals surface area (Å²) in [7, 11) is 1.50. The highest BCUT2D eigenvalue weighted by Gasteiger charge is 2.18. The summed E-state index contributed by atoms with van der Waals surface area (Å²) < 4.78 is 23.6. The SMILES string of the molecule is CCOC(=O)c1cnc2cc(Cl)c(OC)cc2c1Nc1ccc(F)cc1. The Kier molecular flexibility index (Phi) is 5.23. The zero-order valence-electron chi connectivity index (χ0n) is 14.2. The molecule has 0 saturated carbocycles. The molecule has 0 saturated heterocycles. The minimum Gasteiger partial charge on any atom is -0.495 e. The molecule has 0 radical (unpaired) electrons. The fourth-order valence-electron chi connectivity index (χ4n) is 2.53. The Morgan fingerprint density at radius 1 is 1.27 bits per heavy atom. The predicted molar refractivity (Wildman–Crippen MR) is 98.9 cm³/mol. The van der Waals surface area contributed by atoms with Crippen LogP contribution < -0.4 is 10.1 Å². The molecule has 3 aromatic rings. The Bertz CT molecular complexity index is 961. The molecule has 134 valence electrons. The number of hydrogen-bond acceptors (Lipinski definition) is 5. The second-order valence-corrected chi connectivity index (χ2v) is 5.81. The normalized spacial score (nSPS) is 10.6. The summed E-state index contributed by atoms with van der Waals surface area (Å²) in [5.41, 5.74) is 1.93. The first-order valence-corrected chi connectivity index (χ1v) is 8.27. The standard InChI is InChI=1S/C19H16ClFN2O3/c1-3-26-19(24)14-10-22-16-9-15(20)17(25-2)8-13(16)18(14)23-12-6-4-11(21)5-7-12/h4-10H,3H2,1-2H3,(H,22,23). The van der Waals surface area contributed by atoms with Gasteiger partial charge in [0.15, 0.2) is 0 Å². The molecule has 0 amide bonds. The van der Waals surface area contributed by atoms with Crippen LogP contribution in [0.3, 0.4) is 0 Å². The van der Waals surface area contributed by atoms with Crippen LogP contribution in [0.4, 0.5) is 15.8 Å². The quantitative estimate of drug-likeness (QED) is 0.640. The van der Waals surface area contributed by atoms with Crippen LogP contribution in [0.25, 0.3) is 10.9 Å². The summed E-state index contributed by atoms with van der Waals surface area (Å²) in [4.78, 5) is 16.7. The maximum atomic E-state index is 13.2. The Hall–Kier alpha value is -2.86. The van der Waals surface area contributed by atoms with Crippen LogP contribution in [0.2, 0.25) is 5.02 Å². The number of hydrogen-bond donors (Lipinski definition) is 1. The maximum absolute atomic E-state index is 13.2. The van der Waals surface area contributed by atoms with E-state index in [-0.39, 0.29) is 18.0 Å². The van der Waals surface area contributed by atoms with E-state index in [4.69, 9.17) is 21.1 Å². The zero-order chi connectivity index (χ0) is 18.7. The van der Waals surface area contributed by atoms with Crippen molar-refractivity contribution in [2.45, 2.75) is 6.92 Å². The number of fused-ring (bicyclic) bond motifs is 1. The van der Waals surface area contributed by atoms with E-state index < -0.39 is 5.97 Å². The molecule has 0 aliphatic rings. The molecule has 1 aromatic heterocycles. The number of benzene rings is 2. The average Bonchev–Trinajstić information content (AvgIpc) is 2.63. The van der Waals surface area contributed by atoms with Crippen molar-refractivity contribution < 1.29 is 18.7 Å². The highest BCUT2D eigenvalue weighted by atomic mass is 35.5. The lowest BCUT2D eigenvalue weighted by atomic mass is 10.1. The van der Waals surface area contributed by atoms with E-state index in [1.165, 1.54) is 25.4 Å². The summed E-state index contributed by atoms with van der Waals surface area (Å²) in [6.45, 7) is 1.96. The van der Waals surface area contributed by atoms with E-state index in [1.807, 2.05) is 0 Å². The van der Waals surface area contributed by atoms with Gasteiger partial charge in [0.05, 0.1) is 29.9 Å². The molecule has 1 heterocycles. The molecular formula is C19H16ClFN2O3. The third kappa shape index (κ3) is 3.55. The van der Waals surface area contributed by atoms with Gasteiger partial charge < -0.3 is 14.8 Å². The lowest BCUT2D eigenvalue weighted by Crippen LogP contribution is -2.09. The Balaban J connectivity index is 2.20. The number of carbonyl (C=O) groups excluding carboxylic acids is 1. The molecule has 1 N–H and O–H groups in total. The van der Waals surface area contributed by atoms with Gasteiger partial charge in [-0.1, -0.05) is 11.6 Å². The summed E-state index contributed by atoms with van der Waals surface area (Å²) in [6.07, 6.45) is 1.43. The molecule has 0 aliphatic heterocycles. The van der Waals surface area contributed by atoms with Gasteiger partial charge in [-0.2, -0.15) is 0 Å². The van der Waals surface area contributed by atoms with Crippen LogP contribution in [0.15, 0.2) is 42.6 Å². The highest BCUT2D eigenvalue weighted by Crippen LogP contribution is 2.36. The van der Waals surface area contributed by atoms with E-state index in [1.54, 1.807) is 31.2 Å². The van der Waals surface area contributed by atoms with Crippen LogP contribution in [-0.2, 0) is 4.74 Å². The van der Waals surface area contributed by atoms with E-state index in [9.17, 15) is 9.18 Å². The van der Waals surface area contributed by atoms with Gasteiger partial charge in [-0.25, -0.2) is 9.18 Å². The molecule has 3 rings (SSSR count). The zero-order valence-corrected chi connectivity index (χ0v) is 14.9. The first kappa shape index (κ1) is 17.9. The molecule has 0 fully saturated rings. The molecule has 7 heteroatoms. The minimum absolute atomic E-state index is 0.233. The summed E-state index contributed by atoms with van der Waals surface area (Å²) in [5, 5.41) is 4.18. The van der Waals surface area contributed by atoms with Crippen LogP contribution in [0.1, 0.15) is 17.3 Å². The first-order valence-electron chi connectivity index (χ1n) is 7.89. The summed E-state index contributed by atoms with van der Waals surface area (Å²) >= 11 is 6.17. The monoisotopic (exact) mass is 374 g/mol. The van der Waals surface area contributed by atoms with Gasteiger partial charge in [-0.3, -0.25) is 4.98 Å². The molecular weight excluding hydrogens is 359 g/mol. The van der Waals surface area contributed by atoms with Crippen molar-refractivity contribution in [1.29, 1.82) is 0 Å². The lowest BCUT2D eigenvalue weighted by molar-refractivity contribution is 0.0527. The van der Waals surface area contributed by atoms with Gasteiger partial charge in [0.25, 0.3) is 0 Å². The number of halogens is 2. The molecule has 0 unspecified atom stereocenters. The number of aromatic nitrogens is 1. The largest absolute Gasteiger partial charge is 0.495 e. The van der Waals surface area contributed by atoms with Gasteiger partial charge in [-0.15, -0.1) is 0 Å². The molecule has 0 bridgehead atoms. The maximum Gasteiger partial charge on any atom is 0.341 e. The van der Waals surface area contributed by atoms with Crippen LogP contribution in [0, 0.1) is 5.82 Å². The van der Waals surface area contributed by atoms with Crippen LogP contribution in [-0.4, -0.2) is 24.7 Å². The highest BCUT2D eigenvalue weighted by molar-refractivity contribution is 6.33. The van der Waals surface area contributed by atoms with Crippen molar-refractivity contribution in [2.24, 2.45) is 0 Å². The van der Waals surface area contributed by atoms with Crippen molar-refractivity contribution in [2.75, 3.05) is 19.0 Å². The Morgan fingerprint density at radius 2 is 2.00 bits per heavy atom. The average molecular weight is 375 g/mol. The molecule has 26 heavy (non-hydrogen) atoms. The van der Waals surface area contributed by atoms with Crippen LogP contribution >= 0.6 is 11.6 Å². The summed E-state index contributed by atoms with van der Waals surface area (Å²) in [5.74, 6) is -0.418. The van der Waals surface area contributed by atoms with Crippen molar-refractivity contribution in [3.8, 4) is 5.75 Å². The Morgan fingerprint density at radius 3 is 2.65 bits per heavy atom. The Labute approximate surface area is 154 Å². The second-order valence-electron chi connectivity index (χ2n) is 5.40. The molecule has 0 aliphatic carbocycles. The van der Waals surface area contributed by atoms with E-state index in [0.717, 1.165) is 0 Å². The van der Waals surface area contributed by atoms with Gasteiger partial charge in [-0.05, 0) is 43.3 Å². The molecule has 0 atom stereocenters. The fourth-order valence-corrected chi connectivity index (χ4v) is 2.76. The van der Waals surface area contributed by atoms with Gasteiger partial charge in [0.2, 0.25) is 0 Å². The van der Waals surface area contributed by atoms with Gasteiger partial charge in [0, 0.05) is 17.3 Å². The number of rotatable bonds is 5. The van der Waals surface area contributed by atoms with Crippen molar-refractivity contribution in [3.05, 3.63) is 59.0 Å². The summed E-state index contributed by atoms with van der Waals surface area (Å²) in [6, 6.07) is 9.15. The van der Waals surface area contributed by atoms with E-state index in [2.05, 4.69) is 10.3 Å². The lowest BCUT2D eigenvalue weighted by Gasteiger charge is -2.15. The number of methoxy groups -OCH3 is 1. The number of nitrogens with one attached hydrogen (secondary N) is 1. The minimum atomic E-state index is -0.513. The number of anilines is 2. The third-order valence-corrected chi connectivity index (χ3v) is 4.05. The van der Waals surface area contributed by atoms with Crippen molar-refractivity contribution in [1.82, 2.24) is 4.98 Å². The number of carbonyl (C=O) groups is 1. The molecule has 5 nitrogen and oxygen atoms in total. The fraction of sp³-hybridized carbons (Fsp3) is 0.158. The van der Waals surface area contributed by atoms with E-state index >= 15 is 0 Å². The number of esters is 1. The van der Waals surface area contributed by atoms with E-state index in [0.29, 0.717) is 33.0 Å². The second kappa shape index (κ2) is 7.58. The predicted octanol–water partition coefficient (Wildman–Crippen LogP) is 4.96. The van der Waals surface area contributed by atoms with Gasteiger partial charge in [0.1, 0.15) is 17.1 Å². The van der Waals surface area contributed by atoms with Crippen molar-refractivity contribution >= 4 is 39.8 Å². The number of pyridine rings is 1. The van der Waals surface area contributed by atoms with Crippen molar-refractivity contribution in [3.63, 3.8) is 0 Å². The smallest absolute Gasteiger partial charge is 0.341 e. The molecule has 2 aromatic carbocycles. The third-order valence-electron chi connectivity index (χ3n) is 3.75. The van der Waals surface area contributed by atoms with Crippen LogP contribution in [0.5, 0.6) is 5.75 Å². The molecule has 0 spiro atoms.